The first kappa shape index (κ1) is 18.7. The van der Waals surface area contributed by atoms with Gasteiger partial charge < -0.3 is 9.73 Å². The normalized spacial score (nSPS) is 14.1. The molecule has 2 amide bonds. The Morgan fingerprint density at radius 1 is 0.966 bits per heavy atom. The summed E-state index contributed by atoms with van der Waals surface area (Å²) in [7, 11) is 0. The highest BCUT2D eigenvalue weighted by molar-refractivity contribution is 6.36. The Kier molecular flexibility index (Phi) is 4.99. The lowest BCUT2D eigenvalue weighted by Crippen LogP contribution is -2.31. The number of benzene rings is 2. The number of imide groups is 1. The number of aryl methyl sites for hydroxylation is 1. The molecule has 1 N–H and O–H groups in total. The van der Waals surface area contributed by atoms with E-state index in [-0.39, 0.29) is 17.8 Å². The molecular weight excluding hydrogens is 371 g/mol. The van der Waals surface area contributed by atoms with Crippen LogP contribution in [0, 0.1) is 5.82 Å². The third-order valence-electron chi connectivity index (χ3n) is 4.83. The Bertz CT molecular complexity index is 1070. The van der Waals surface area contributed by atoms with Crippen LogP contribution < -0.4 is 5.32 Å². The molecule has 6 heteroatoms. The second-order valence-electron chi connectivity index (χ2n) is 6.71. The largest absolute Gasteiger partial charge is 0.467 e. The van der Waals surface area contributed by atoms with E-state index in [2.05, 4.69) is 12.2 Å². The van der Waals surface area contributed by atoms with Crippen LogP contribution in [0.5, 0.6) is 0 Å². The van der Waals surface area contributed by atoms with Crippen molar-refractivity contribution in [3.63, 3.8) is 0 Å². The maximum Gasteiger partial charge on any atom is 0.278 e. The average molecular weight is 390 g/mol. The topological polar surface area (TPSA) is 62.6 Å². The Morgan fingerprint density at radius 3 is 2.31 bits per heavy atom. The highest BCUT2D eigenvalue weighted by Gasteiger charge is 2.39. The van der Waals surface area contributed by atoms with E-state index in [0.717, 1.165) is 16.9 Å². The first-order chi connectivity index (χ1) is 14.1. The summed E-state index contributed by atoms with van der Waals surface area (Å²) in [6.07, 6.45) is 2.39. The Labute approximate surface area is 167 Å². The summed E-state index contributed by atoms with van der Waals surface area (Å²) in [4.78, 5) is 27.3. The lowest BCUT2D eigenvalue weighted by Gasteiger charge is -2.13. The number of nitrogens with one attached hydrogen (secondary N) is 1. The number of rotatable bonds is 6. The monoisotopic (exact) mass is 390 g/mol. The molecule has 5 nitrogen and oxygen atoms in total. The van der Waals surface area contributed by atoms with Crippen molar-refractivity contribution in [3.05, 3.63) is 95.3 Å². The molecule has 2 aromatic carbocycles. The number of anilines is 1. The number of carbonyl (C=O) groups excluding carboxylic acids is 2. The van der Waals surface area contributed by atoms with Gasteiger partial charge in [-0.05, 0) is 53.9 Å². The standard InChI is InChI=1S/C23H19FN2O3/c1-2-15-5-11-18(12-6-15)25-21-20(16-7-9-17(24)10-8-16)22(27)26(23(21)28)14-19-4-3-13-29-19/h3-13,25H,2,14H2,1H3. The predicted octanol–water partition coefficient (Wildman–Crippen LogP) is 4.37. The average Bonchev–Trinajstić information content (AvgIpc) is 3.33. The lowest BCUT2D eigenvalue weighted by molar-refractivity contribution is -0.137. The molecule has 0 radical (unpaired) electrons. The van der Waals surface area contributed by atoms with Gasteiger partial charge in [0.2, 0.25) is 0 Å². The third-order valence-corrected chi connectivity index (χ3v) is 4.83. The minimum absolute atomic E-state index is 0.0231. The van der Waals surface area contributed by atoms with Crippen LogP contribution in [0.1, 0.15) is 23.8 Å². The number of carbonyl (C=O) groups is 2. The minimum atomic E-state index is -0.453. The van der Waals surface area contributed by atoms with Crippen molar-refractivity contribution >= 4 is 23.1 Å². The van der Waals surface area contributed by atoms with Crippen molar-refractivity contribution in [3.8, 4) is 0 Å². The first-order valence-electron chi connectivity index (χ1n) is 9.31. The van der Waals surface area contributed by atoms with Gasteiger partial charge in [-0.3, -0.25) is 14.5 Å². The first-order valence-corrected chi connectivity index (χ1v) is 9.31. The molecule has 3 aromatic rings. The summed E-state index contributed by atoms with van der Waals surface area (Å²) in [5, 5.41) is 3.09. The van der Waals surface area contributed by atoms with E-state index >= 15 is 0 Å². The highest BCUT2D eigenvalue weighted by Crippen LogP contribution is 2.31. The molecule has 0 saturated heterocycles. The van der Waals surface area contributed by atoms with Crippen LogP contribution in [-0.2, 0) is 22.6 Å². The molecule has 0 atom stereocenters. The van der Waals surface area contributed by atoms with Crippen molar-refractivity contribution in [2.24, 2.45) is 0 Å². The number of amides is 2. The Hall–Kier alpha value is -3.67. The lowest BCUT2D eigenvalue weighted by atomic mass is 10.0. The summed E-state index contributed by atoms with van der Waals surface area (Å²) < 4.78 is 18.7. The zero-order chi connectivity index (χ0) is 20.4. The van der Waals surface area contributed by atoms with Gasteiger partial charge in [-0.2, -0.15) is 0 Å². The van der Waals surface area contributed by atoms with Crippen molar-refractivity contribution in [1.29, 1.82) is 0 Å². The fourth-order valence-electron chi connectivity index (χ4n) is 3.25. The van der Waals surface area contributed by atoms with E-state index in [4.69, 9.17) is 4.42 Å². The van der Waals surface area contributed by atoms with Crippen LogP contribution in [0.25, 0.3) is 5.57 Å². The zero-order valence-electron chi connectivity index (χ0n) is 15.8. The number of furan rings is 1. The van der Waals surface area contributed by atoms with E-state index in [9.17, 15) is 14.0 Å². The second-order valence-corrected chi connectivity index (χ2v) is 6.71. The van der Waals surface area contributed by atoms with Crippen LogP contribution in [0.2, 0.25) is 0 Å². The maximum atomic E-state index is 13.4. The molecule has 0 spiro atoms. The molecule has 0 saturated carbocycles. The fraction of sp³-hybridized carbons (Fsp3) is 0.130. The molecular formula is C23H19FN2O3. The van der Waals surface area contributed by atoms with E-state index in [0.29, 0.717) is 17.0 Å². The van der Waals surface area contributed by atoms with Gasteiger partial charge in [0.25, 0.3) is 11.8 Å². The van der Waals surface area contributed by atoms with Gasteiger partial charge in [0.1, 0.15) is 17.3 Å². The molecule has 146 valence electrons. The van der Waals surface area contributed by atoms with Crippen molar-refractivity contribution in [1.82, 2.24) is 4.90 Å². The smallest absolute Gasteiger partial charge is 0.278 e. The number of hydrogen-bond donors (Lipinski definition) is 1. The number of nitrogens with zero attached hydrogens (tertiary/aromatic N) is 1. The molecule has 1 aliphatic rings. The predicted molar refractivity (Wildman–Crippen MR) is 107 cm³/mol. The van der Waals surface area contributed by atoms with Crippen LogP contribution in [0.4, 0.5) is 10.1 Å². The number of halogens is 1. The molecule has 0 fully saturated rings. The summed E-state index contributed by atoms with van der Waals surface area (Å²) >= 11 is 0. The van der Waals surface area contributed by atoms with E-state index in [1.54, 1.807) is 12.1 Å². The molecule has 1 aromatic heterocycles. The van der Waals surface area contributed by atoms with Gasteiger partial charge in [-0.1, -0.05) is 31.2 Å². The van der Waals surface area contributed by atoms with E-state index in [1.807, 2.05) is 24.3 Å². The SMILES string of the molecule is CCc1ccc(NC2=C(c3ccc(F)cc3)C(=O)N(Cc3ccco3)C2=O)cc1. The summed E-state index contributed by atoms with van der Waals surface area (Å²) in [5.74, 6) is -0.821. The van der Waals surface area contributed by atoms with Crippen molar-refractivity contribution in [2.45, 2.75) is 19.9 Å². The van der Waals surface area contributed by atoms with Crippen LogP contribution in [0.3, 0.4) is 0 Å². The molecule has 2 heterocycles. The summed E-state index contributed by atoms with van der Waals surface area (Å²) in [5.41, 5.74) is 2.70. The fourth-order valence-corrected chi connectivity index (χ4v) is 3.25. The van der Waals surface area contributed by atoms with Gasteiger partial charge >= 0.3 is 0 Å². The van der Waals surface area contributed by atoms with Gasteiger partial charge in [0.05, 0.1) is 18.4 Å². The minimum Gasteiger partial charge on any atom is -0.467 e. The van der Waals surface area contributed by atoms with Gasteiger partial charge in [0.15, 0.2) is 0 Å². The quantitative estimate of drug-likeness (QED) is 0.635. The zero-order valence-corrected chi connectivity index (χ0v) is 15.8. The molecule has 0 unspecified atom stereocenters. The maximum absolute atomic E-state index is 13.4. The molecule has 29 heavy (non-hydrogen) atoms. The molecule has 0 aliphatic carbocycles. The van der Waals surface area contributed by atoms with Gasteiger partial charge in [-0.15, -0.1) is 0 Å². The van der Waals surface area contributed by atoms with Crippen LogP contribution >= 0.6 is 0 Å². The van der Waals surface area contributed by atoms with E-state index in [1.165, 1.54) is 30.5 Å². The molecule has 1 aliphatic heterocycles. The number of hydrogen-bond acceptors (Lipinski definition) is 4. The van der Waals surface area contributed by atoms with Gasteiger partial charge in [0, 0.05) is 5.69 Å². The Balaban J connectivity index is 1.72. The molecule has 0 bridgehead atoms. The van der Waals surface area contributed by atoms with Crippen LogP contribution in [0.15, 0.2) is 77.0 Å². The van der Waals surface area contributed by atoms with Crippen molar-refractivity contribution < 1.29 is 18.4 Å². The highest BCUT2D eigenvalue weighted by atomic mass is 19.1. The van der Waals surface area contributed by atoms with Gasteiger partial charge in [-0.25, -0.2) is 4.39 Å². The third kappa shape index (κ3) is 3.69. The van der Waals surface area contributed by atoms with Crippen LogP contribution in [-0.4, -0.2) is 16.7 Å². The van der Waals surface area contributed by atoms with Crippen molar-refractivity contribution in [2.75, 3.05) is 5.32 Å². The summed E-state index contributed by atoms with van der Waals surface area (Å²) in [6.45, 7) is 2.08. The Morgan fingerprint density at radius 2 is 1.69 bits per heavy atom. The van der Waals surface area contributed by atoms with E-state index < -0.39 is 17.6 Å². The summed E-state index contributed by atoms with van der Waals surface area (Å²) in [6, 6.07) is 16.6. The molecule has 4 rings (SSSR count). The second kappa shape index (κ2) is 7.75.